The Bertz CT molecular complexity index is 911. The van der Waals surface area contributed by atoms with Crippen LogP contribution in [0.2, 0.25) is 5.02 Å². The molecule has 2 heterocycles. The van der Waals surface area contributed by atoms with Crippen molar-refractivity contribution in [3.05, 3.63) is 41.4 Å². The molecular formula is C17H14ClN3O3S. The average molecular weight is 376 g/mol. The average Bonchev–Trinajstić information content (AvgIpc) is 3.03. The Labute approximate surface area is 152 Å². The van der Waals surface area contributed by atoms with Crippen molar-refractivity contribution >= 4 is 46.0 Å². The largest absolute Gasteiger partial charge is 0.486 e. The number of imidazole rings is 1. The molecule has 0 spiro atoms. The van der Waals surface area contributed by atoms with Crippen molar-refractivity contribution in [3.8, 4) is 11.5 Å². The molecule has 0 radical (unpaired) electrons. The SMILES string of the molecule is O=C(CSc1nc2ccccc2[nH]1)Nc1cc2c(cc1Cl)OCCO2. The van der Waals surface area contributed by atoms with E-state index in [-0.39, 0.29) is 11.7 Å². The summed E-state index contributed by atoms with van der Waals surface area (Å²) < 4.78 is 11.0. The molecule has 1 aliphatic heterocycles. The normalized spacial score (nSPS) is 13.0. The first kappa shape index (κ1) is 16.1. The van der Waals surface area contributed by atoms with Crippen LogP contribution in [-0.2, 0) is 4.79 Å². The van der Waals surface area contributed by atoms with Crippen molar-refractivity contribution in [2.24, 2.45) is 0 Å². The maximum absolute atomic E-state index is 12.2. The number of fused-ring (bicyclic) bond motifs is 2. The maximum atomic E-state index is 12.2. The van der Waals surface area contributed by atoms with E-state index < -0.39 is 0 Å². The number of carbonyl (C=O) groups excluding carboxylic acids is 1. The van der Waals surface area contributed by atoms with E-state index >= 15 is 0 Å². The fourth-order valence-electron chi connectivity index (χ4n) is 2.48. The molecule has 8 heteroatoms. The van der Waals surface area contributed by atoms with Crippen LogP contribution >= 0.6 is 23.4 Å². The number of carbonyl (C=O) groups is 1. The lowest BCUT2D eigenvalue weighted by atomic mass is 10.2. The maximum Gasteiger partial charge on any atom is 0.234 e. The van der Waals surface area contributed by atoms with Crippen LogP contribution in [0.1, 0.15) is 0 Å². The fourth-order valence-corrected chi connectivity index (χ4v) is 3.36. The first-order chi connectivity index (χ1) is 12.2. The van der Waals surface area contributed by atoms with E-state index in [2.05, 4.69) is 15.3 Å². The van der Waals surface area contributed by atoms with Crippen molar-refractivity contribution in [1.82, 2.24) is 9.97 Å². The van der Waals surface area contributed by atoms with Crippen LogP contribution in [0.25, 0.3) is 11.0 Å². The van der Waals surface area contributed by atoms with Gasteiger partial charge in [0.25, 0.3) is 0 Å². The number of nitrogens with zero attached hydrogens (tertiary/aromatic N) is 1. The Morgan fingerprint density at radius 2 is 2.00 bits per heavy atom. The number of para-hydroxylation sites is 2. The molecule has 0 bridgehead atoms. The summed E-state index contributed by atoms with van der Waals surface area (Å²) in [6, 6.07) is 11.1. The molecule has 0 unspecified atom stereocenters. The highest BCUT2D eigenvalue weighted by atomic mass is 35.5. The lowest BCUT2D eigenvalue weighted by molar-refractivity contribution is -0.113. The number of benzene rings is 2. The molecule has 0 saturated heterocycles. The minimum Gasteiger partial charge on any atom is -0.486 e. The van der Waals surface area contributed by atoms with Gasteiger partial charge in [-0.15, -0.1) is 0 Å². The monoisotopic (exact) mass is 375 g/mol. The van der Waals surface area contributed by atoms with E-state index in [0.717, 1.165) is 11.0 Å². The third-order valence-corrected chi connectivity index (χ3v) is 4.80. The number of rotatable bonds is 4. The standard InChI is InChI=1S/C17H14ClN3O3S/c18-10-7-14-15(24-6-5-23-14)8-13(10)19-16(22)9-25-17-20-11-3-1-2-4-12(11)21-17/h1-4,7-8H,5-6,9H2,(H,19,22)(H,20,21). The number of nitrogens with one attached hydrogen (secondary N) is 2. The van der Waals surface area contributed by atoms with Gasteiger partial charge in [-0.3, -0.25) is 4.79 Å². The Balaban J connectivity index is 1.42. The molecule has 3 aromatic rings. The van der Waals surface area contributed by atoms with Crippen LogP contribution in [0.3, 0.4) is 0 Å². The second-order valence-electron chi connectivity index (χ2n) is 5.37. The summed E-state index contributed by atoms with van der Waals surface area (Å²) in [5.74, 6) is 1.20. The van der Waals surface area contributed by atoms with Gasteiger partial charge in [0.05, 0.1) is 27.5 Å². The third-order valence-electron chi connectivity index (χ3n) is 3.61. The Morgan fingerprint density at radius 3 is 2.80 bits per heavy atom. The molecule has 128 valence electrons. The molecule has 25 heavy (non-hydrogen) atoms. The van der Waals surface area contributed by atoms with Crippen molar-refractivity contribution in [2.75, 3.05) is 24.3 Å². The fraction of sp³-hybridized carbons (Fsp3) is 0.176. The minimum atomic E-state index is -0.177. The number of halogens is 1. The van der Waals surface area contributed by atoms with Crippen molar-refractivity contribution in [2.45, 2.75) is 5.16 Å². The predicted molar refractivity (Wildman–Crippen MR) is 97.9 cm³/mol. The molecule has 1 aromatic heterocycles. The third kappa shape index (κ3) is 3.52. The molecule has 1 amide bonds. The number of hydrogen-bond acceptors (Lipinski definition) is 5. The number of anilines is 1. The van der Waals surface area contributed by atoms with Crippen LogP contribution in [-0.4, -0.2) is 34.8 Å². The minimum absolute atomic E-state index is 0.177. The van der Waals surface area contributed by atoms with Gasteiger partial charge >= 0.3 is 0 Å². The molecule has 0 saturated carbocycles. The highest BCUT2D eigenvalue weighted by Gasteiger charge is 2.16. The van der Waals surface area contributed by atoms with E-state index in [1.54, 1.807) is 12.1 Å². The zero-order valence-corrected chi connectivity index (χ0v) is 14.6. The second-order valence-corrected chi connectivity index (χ2v) is 6.74. The van der Waals surface area contributed by atoms with Crippen molar-refractivity contribution in [1.29, 1.82) is 0 Å². The molecule has 0 fully saturated rings. The summed E-state index contributed by atoms with van der Waals surface area (Å²) in [6.45, 7) is 0.965. The van der Waals surface area contributed by atoms with Crippen molar-refractivity contribution in [3.63, 3.8) is 0 Å². The number of aromatic nitrogens is 2. The molecule has 2 N–H and O–H groups in total. The summed E-state index contributed by atoms with van der Waals surface area (Å²) in [4.78, 5) is 19.8. The van der Waals surface area contributed by atoms with Crippen LogP contribution in [0.15, 0.2) is 41.6 Å². The van der Waals surface area contributed by atoms with Gasteiger partial charge in [-0.05, 0) is 12.1 Å². The van der Waals surface area contributed by atoms with Crippen LogP contribution < -0.4 is 14.8 Å². The predicted octanol–water partition coefficient (Wildman–Crippen LogP) is 3.72. The number of ether oxygens (including phenoxy) is 2. The molecule has 6 nitrogen and oxygen atoms in total. The van der Waals surface area contributed by atoms with Gasteiger partial charge in [0.1, 0.15) is 13.2 Å². The number of amides is 1. The summed E-state index contributed by atoms with van der Waals surface area (Å²) in [6.07, 6.45) is 0. The Morgan fingerprint density at radius 1 is 1.24 bits per heavy atom. The van der Waals surface area contributed by atoms with Crippen LogP contribution in [0.5, 0.6) is 11.5 Å². The second kappa shape index (κ2) is 6.85. The summed E-state index contributed by atoms with van der Waals surface area (Å²) in [5, 5.41) is 3.90. The number of aromatic amines is 1. The molecular weight excluding hydrogens is 362 g/mol. The molecule has 4 rings (SSSR count). The summed E-state index contributed by atoms with van der Waals surface area (Å²) >= 11 is 7.53. The van der Waals surface area contributed by atoms with Crippen LogP contribution in [0.4, 0.5) is 5.69 Å². The van der Waals surface area contributed by atoms with Gasteiger partial charge in [0, 0.05) is 12.1 Å². The number of thioether (sulfide) groups is 1. The lowest BCUT2D eigenvalue weighted by Crippen LogP contribution is -2.17. The van der Waals surface area contributed by atoms with E-state index in [4.69, 9.17) is 21.1 Å². The first-order valence-electron chi connectivity index (χ1n) is 7.65. The molecule has 1 aliphatic rings. The summed E-state index contributed by atoms with van der Waals surface area (Å²) in [7, 11) is 0. The van der Waals surface area contributed by atoms with E-state index in [9.17, 15) is 4.79 Å². The lowest BCUT2D eigenvalue weighted by Gasteiger charge is -2.19. The molecule has 0 atom stereocenters. The Hall–Kier alpha value is -2.38. The van der Waals surface area contributed by atoms with Gasteiger partial charge in [-0.1, -0.05) is 35.5 Å². The number of hydrogen-bond donors (Lipinski definition) is 2. The van der Waals surface area contributed by atoms with E-state index in [1.807, 2.05) is 24.3 Å². The topological polar surface area (TPSA) is 76.2 Å². The van der Waals surface area contributed by atoms with Crippen LogP contribution in [0, 0.1) is 0 Å². The van der Waals surface area contributed by atoms with E-state index in [0.29, 0.717) is 40.6 Å². The summed E-state index contributed by atoms with van der Waals surface area (Å²) in [5.41, 5.74) is 2.32. The highest BCUT2D eigenvalue weighted by Crippen LogP contribution is 2.38. The zero-order chi connectivity index (χ0) is 17.2. The molecule has 2 aromatic carbocycles. The Kier molecular flexibility index (Phi) is 4.42. The van der Waals surface area contributed by atoms with E-state index in [1.165, 1.54) is 11.8 Å². The van der Waals surface area contributed by atoms with Gasteiger partial charge in [-0.2, -0.15) is 0 Å². The molecule has 0 aliphatic carbocycles. The number of H-pyrrole nitrogens is 1. The van der Waals surface area contributed by atoms with Gasteiger partial charge in [0.15, 0.2) is 16.7 Å². The van der Waals surface area contributed by atoms with Gasteiger partial charge in [0.2, 0.25) is 5.91 Å². The first-order valence-corrected chi connectivity index (χ1v) is 9.02. The quantitative estimate of drug-likeness (QED) is 0.680. The highest BCUT2D eigenvalue weighted by molar-refractivity contribution is 7.99. The smallest absolute Gasteiger partial charge is 0.234 e. The van der Waals surface area contributed by atoms with Crippen molar-refractivity contribution < 1.29 is 14.3 Å². The zero-order valence-electron chi connectivity index (χ0n) is 13.0. The van der Waals surface area contributed by atoms with Gasteiger partial charge < -0.3 is 19.8 Å². The van der Waals surface area contributed by atoms with Gasteiger partial charge in [-0.25, -0.2) is 4.98 Å².